The third-order valence-electron chi connectivity index (χ3n) is 4.20. The molecule has 1 fully saturated rings. The van der Waals surface area contributed by atoms with Crippen LogP contribution < -0.4 is 5.32 Å². The Bertz CT molecular complexity index is 242. The third kappa shape index (κ3) is 4.89. The van der Waals surface area contributed by atoms with Crippen LogP contribution in [0.3, 0.4) is 0 Å². The molecule has 0 heterocycles. The Labute approximate surface area is 114 Å². The second-order valence-corrected chi connectivity index (χ2v) is 7.44. The maximum Gasteiger partial charge on any atom is 0.0750 e. The van der Waals surface area contributed by atoms with Gasteiger partial charge in [0.05, 0.1) is 5.60 Å². The molecule has 0 aromatic rings. The van der Waals surface area contributed by atoms with Gasteiger partial charge in [0.2, 0.25) is 0 Å². The van der Waals surface area contributed by atoms with E-state index in [0.29, 0.717) is 11.5 Å². The Kier molecular flexibility index (Phi) is 5.67. The van der Waals surface area contributed by atoms with Crippen LogP contribution in [0.1, 0.15) is 67.2 Å². The summed E-state index contributed by atoms with van der Waals surface area (Å²) in [5.74, 6) is 0.795. The quantitative estimate of drug-likeness (QED) is 0.802. The standard InChI is InChI=1S/C16H33NO/c1-7-18-16(5,6)12-17-14-11-9-8-10-13(14)15(2,3)4/h13-14,17H,7-12H2,1-6H3. The lowest BCUT2D eigenvalue weighted by Gasteiger charge is -2.42. The van der Waals surface area contributed by atoms with Crippen molar-refractivity contribution in [2.45, 2.75) is 78.9 Å². The first-order chi connectivity index (χ1) is 8.26. The van der Waals surface area contributed by atoms with Crippen molar-refractivity contribution in [1.29, 1.82) is 0 Å². The highest BCUT2D eigenvalue weighted by Gasteiger charge is 2.34. The Balaban J connectivity index is 2.53. The Hall–Kier alpha value is -0.0800. The van der Waals surface area contributed by atoms with Gasteiger partial charge in [-0.1, -0.05) is 33.6 Å². The van der Waals surface area contributed by atoms with Gasteiger partial charge in [0, 0.05) is 19.2 Å². The van der Waals surface area contributed by atoms with Crippen LogP contribution in [0.25, 0.3) is 0 Å². The van der Waals surface area contributed by atoms with Gasteiger partial charge in [0.1, 0.15) is 0 Å². The van der Waals surface area contributed by atoms with Crippen LogP contribution >= 0.6 is 0 Å². The van der Waals surface area contributed by atoms with E-state index in [1.807, 2.05) is 0 Å². The summed E-state index contributed by atoms with van der Waals surface area (Å²) in [4.78, 5) is 0. The van der Waals surface area contributed by atoms with E-state index in [0.717, 1.165) is 19.1 Å². The molecule has 2 nitrogen and oxygen atoms in total. The molecule has 2 unspecified atom stereocenters. The second-order valence-electron chi connectivity index (χ2n) is 7.44. The van der Waals surface area contributed by atoms with E-state index >= 15 is 0 Å². The SMILES string of the molecule is CCOC(C)(C)CNC1CCCCC1C(C)(C)C. The molecule has 0 saturated heterocycles. The van der Waals surface area contributed by atoms with E-state index in [1.54, 1.807) is 0 Å². The molecule has 2 atom stereocenters. The highest BCUT2D eigenvalue weighted by atomic mass is 16.5. The highest BCUT2D eigenvalue weighted by molar-refractivity contribution is 4.89. The van der Waals surface area contributed by atoms with Gasteiger partial charge < -0.3 is 10.1 Å². The highest BCUT2D eigenvalue weighted by Crippen LogP contribution is 2.38. The maximum absolute atomic E-state index is 5.78. The molecule has 0 bridgehead atoms. The average molecular weight is 255 g/mol. The van der Waals surface area contributed by atoms with Crippen molar-refractivity contribution in [2.75, 3.05) is 13.2 Å². The van der Waals surface area contributed by atoms with Crippen molar-refractivity contribution in [1.82, 2.24) is 5.32 Å². The van der Waals surface area contributed by atoms with Crippen molar-refractivity contribution < 1.29 is 4.74 Å². The van der Waals surface area contributed by atoms with Gasteiger partial charge in [-0.15, -0.1) is 0 Å². The van der Waals surface area contributed by atoms with E-state index in [-0.39, 0.29) is 5.60 Å². The summed E-state index contributed by atoms with van der Waals surface area (Å²) in [6.07, 6.45) is 5.47. The van der Waals surface area contributed by atoms with Crippen LogP contribution in [0.4, 0.5) is 0 Å². The molecule has 108 valence electrons. The summed E-state index contributed by atoms with van der Waals surface area (Å²) in [5, 5.41) is 3.78. The van der Waals surface area contributed by atoms with Crippen molar-refractivity contribution >= 4 is 0 Å². The number of nitrogens with one attached hydrogen (secondary N) is 1. The summed E-state index contributed by atoms with van der Waals surface area (Å²) < 4.78 is 5.78. The van der Waals surface area contributed by atoms with Crippen LogP contribution in [0.2, 0.25) is 0 Å². The van der Waals surface area contributed by atoms with E-state index in [9.17, 15) is 0 Å². The van der Waals surface area contributed by atoms with Crippen LogP contribution in [-0.4, -0.2) is 24.8 Å². The molecule has 0 aliphatic heterocycles. The largest absolute Gasteiger partial charge is 0.375 e. The normalized spacial score (nSPS) is 26.3. The average Bonchev–Trinajstić information content (AvgIpc) is 2.26. The fourth-order valence-electron chi connectivity index (χ4n) is 3.23. The van der Waals surface area contributed by atoms with E-state index in [4.69, 9.17) is 4.74 Å². The predicted octanol–water partition coefficient (Wildman–Crippen LogP) is 4.00. The lowest BCUT2D eigenvalue weighted by atomic mass is 9.69. The van der Waals surface area contributed by atoms with E-state index in [2.05, 4.69) is 46.9 Å². The topological polar surface area (TPSA) is 21.3 Å². The molecule has 1 rings (SSSR count). The molecule has 0 radical (unpaired) electrons. The Morgan fingerprint density at radius 2 is 1.67 bits per heavy atom. The van der Waals surface area contributed by atoms with Gasteiger partial charge in [0.15, 0.2) is 0 Å². The van der Waals surface area contributed by atoms with Gasteiger partial charge in [-0.2, -0.15) is 0 Å². The zero-order chi connectivity index (χ0) is 13.8. The van der Waals surface area contributed by atoms with Crippen LogP contribution in [-0.2, 0) is 4.74 Å². The van der Waals surface area contributed by atoms with Crippen LogP contribution in [0.15, 0.2) is 0 Å². The maximum atomic E-state index is 5.78. The van der Waals surface area contributed by atoms with Crippen molar-refractivity contribution in [3.63, 3.8) is 0 Å². The van der Waals surface area contributed by atoms with Gasteiger partial charge in [-0.25, -0.2) is 0 Å². The molecular formula is C16H33NO. The molecule has 1 aliphatic carbocycles. The van der Waals surface area contributed by atoms with Gasteiger partial charge >= 0.3 is 0 Å². The predicted molar refractivity (Wildman–Crippen MR) is 78.9 cm³/mol. The summed E-state index contributed by atoms with van der Waals surface area (Å²) in [5.41, 5.74) is 0.364. The van der Waals surface area contributed by atoms with Gasteiger partial charge in [-0.05, 0) is 44.9 Å². The van der Waals surface area contributed by atoms with Crippen LogP contribution in [0.5, 0.6) is 0 Å². The molecule has 2 heteroatoms. The van der Waals surface area contributed by atoms with Gasteiger partial charge in [0.25, 0.3) is 0 Å². The van der Waals surface area contributed by atoms with Crippen molar-refractivity contribution in [3.05, 3.63) is 0 Å². The Morgan fingerprint density at radius 1 is 1.06 bits per heavy atom. The molecule has 1 N–H and O–H groups in total. The minimum absolute atomic E-state index is 0.0470. The lowest BCUT2D eigenvalue weighted by Crippen LogP contribution is -2.49. The first kappa shape index (κ1) is 16.0. The van der Waals surface area contributed by atoms with Crippen molar-refractivity contribution in [3.8, 4) is 0 Å². The zero-order valence-corrected chi connectivity index (χ0v) is 13.3. The number of ether oxygens (including phenoxy) is 1. The monoisotopic (exact) mass is 255 g/mol. The molecule has 0 spiro atoms. The van der Waals surface area contributed by atoms with Gasteiger partial charge in [-0.3, -0.25) is 0 Å². The molecule has 1 aliphatic rings. The summed E-state index contributed by atoms with van der Waals surface area (Å²) in [6.45, 7) is 15.3. The lowest BCUT2D eigenvalue weighted by molar-refractivity contribution is -0.0153. The van der Waals surface area contributed by atoms with Crippen molar-refractivity contribution in [2.24, 2.45) is 11.3 Å². The number of hydrogen-bond acceptors (Lipinski definition) is 2. The second kappa shape index (κ2) is 6.38. The molecular weight excluding hydrogens is 222 g/mol. The summed E-state index contributed by atoms with van der Waals surface area (Å²) in [7, 11) is 0. The summed E-state index contributed by atoms with van der Waals surface area (Å²) >= 11 is 0. The first-order valence-electron chi connectivity index (χ1n) is 7.63. The minimum Gasteiger partial charge on any atom is -0.375 e. The third-order valence-corrected chi connectivity index (χ3v) is 4.20. The molecule has 18 heavy (non-hydrogen) atoms. The Morgan fingerprint density at radius 3 is 2.22 bits per heavy atom. The van der Waals surface area contributed by atoms with E-state index < -0.39 is 0 Å². The number of hydrogen-bond donors (Lipinski definition) is 1. The fraction of sp³-hybridized carbons (Fsp3) is 1.00. The van der Waals surface area contributed by atoms with Crippen LogP contribution in [0, 0.1) is 11.3 Å². The minimum atomic E-state index is -0.0470. The molecule has 0 aromatic heterocycles. The molecule has 0 aromatic carbocycles. The van der Waals surface area contributed by atoms with E-state index in [1.165, 1.54) is 25.7 Å². The molecule has 0 amide bonds. The number of rotatable bonds is 5. The smallest absolute Gasteiger partial charge is 0.0750 e. The molecule has 1 saturated carbocycles. The first-order valence-corrected chi connectivity index (χ1v) is 7.63. The fourth-order valence-corrected chi connectivity index (χ4v) is 3.23. The summed E-state index contributed by atoms with van der Waals surface area (Å²) in [6, 6.07) is 0.665. The zero-order valence-electron chi connectivity index (χ0n) is 13.3.